The first-order chi connectivity index (χ1) is 12.7. The number of aliphatic hydroxyl groups is 1. The van der Waals surface area contributed by atoms with Crippen molar-refractivity contribution in [1.82, 2.24) is 4.90 Å². The molecule has 1 saturated carbocycles. The van der Waals surface area contributed by atoms with E-state index >= 15 is 0 Å². The molecule has 2 atom stereocenters. The fraction of sp³-hybridized carbons (Fsp3) is 0.636. The van der Waals surface area contributed by atoms with Crippen molar-refractivity contribution in [2.75, 3.05) is 0 Å². The molecule has 5 nitrogen and oxygen atoms in total. The second kappa shape index (κ2) is 5.97. The molecule has 0 aromatic heterocycles. The van der Waals surface area contributed by atoms with Gasteiger partial charge in [-0.05, 0) is 57.6 Å². The molecule has 2 heterocycles. The molecule has 0 radical (unpaired) electrons. The van der Waals surface area contributed by atoms with Crippen LogP contribution in [0.2, 0.25) is 0 Å². The van der Waals surface area contributed by atoms with Crippen LogP contribution in [0.15, 0.2) is 24.3 Å². The number of fused-ring (bicyclic) bond motifs is 2. The summed E-state index contributed by atoms with van der Waals surface area (Å²) in [5.74, 6) is 0. The third kappa shape index (κ3) is 3.21. The first-order valence-corrected chi connectivity index (χ1v) is 9.92. The predicted molar refractivity (Wildman–Crippen MR) is 101 cm³/mol. The van der Waals surface area contributed by atoms with E-state index in [9.17, 15) is 15.2 Å². The summed E-state index contributed by atoms with van der Waals surface area (Å²) >= 11 is 0. The second-order valence-corrected chi connectivity index (χ2v) is 9.48. The molecule has 2 bridgehead atoms. The molecule has 3 aliphatic rings. The summed E-state index contributed by atoms with van der Waals surface area (Å²) in [5.41, 5.74) is 0.193. The molecule has 0 spiro atoms. The number of nitrogens with zero attached hydrogens (tertiary/aromatic N) is 2. The van der Waals surface area contributed by atoms with Crippen molar-refractivity contribution in [3.05, 3.63) is 35.4 Å². The largest absolute Gasteiger partial charge is 0.444 e. The van der Waals surface area contributed by atoms with E-state index < -0.39 is 11.2 Å². The summed E-state index contributed by atoms with van der Waals surface area (Å²) in [5, 5.41) is 20.7. The molecule has 27 heavy (non-hydrogen) atoms. The van der Waals surface area contributed by atoms with Crippen molar-refractivity contribution in [2.45, 2.75) is 88.0 Å². The quantitative estimate of drug-likeness (QED) is 0.856. The monoisotopic (exact) mass is 368 g/mol. The normalized spacial score (nSPS) is 31.3. The Labute approximate surface area is 160 Å². The number of hydrogen-bond acceptors (Lipinski definition) is 4. The number of carbonyl (C=O) groups is 1. The van der Waals surface area contributed by atoms with Crippen LogP contribution in [0.5, 0.6) is 0 Å². The molecule has 4 rings (SSSR count). The summed E-state index contributed by atoms with van der Waals surface area (Å²) < 4.78 is 5.58. The van der Waals surface area contributed by atoms with Gasteiger partial charge in [0.2, 0.25) is 0 Å². The number of hydrogen-bond donors (Lipinski definition) is 1. The van der Waals surface area contributed by atoms with Gasteiger partial charge in [0.15, 0.2) is 0 Å². The highest BCUT2D eigenvalue weighted by molar-refractivity contribution is 5.70. The van der Waals surface area contributed by atoms with Crippen molar-refractivity contribution in [2.24, 2.45) is 0 Å². The first-order valence-electron chi connectivity index (χ1n) is 9.92. The average molecular weight is 368 g/mol. The van der Waals surface area contributed by atoms with E-state index in [1.54, 1.807) is 0 Å². The Kier molecular flexibility index (Phi) is 4.05. The highest BCUT2D eigenvalue weighted by Crippen LogP contribution is 2.49. The van der Waals surface area contributed by atoms with Crippen LogP contribution in [0.3, 0.4) is 0 Å². The number of benzene rings is 1. The van der Waals surface area contributed by atoms with Crippen LogP contribution in [-0.2, 0) is 15.8 Å². The van der Waals surface area contributed by atoms with Crippen molar-refractivity contribution in [3.63, 3.8) is 0 Å². The minimum atomic E-state index is -0.924. The SMILES string of the molecule is CC(C)(C)OC(=O)N1C2CCC1CC(O)(c1ccc(C3(C#N)CC3)cc1)C2. The van der Waals surface area contributed by atoms with Crippen LogP contribution < -0.4 is 0 Å². The Hall–Kier alpha value is -2.06. The van der Waals surface area contributed by atoms with E-state index in [0.717, 1.165) is 36.8 Å². The smallest absolute Gasteiger partial charge is 0.410 e. The Bertz CT molecular complexity index is 769. The van der Waals surface area contributed by atoms with Gasteiger partial charge in [0.1, 0.15) is 5.60 Å². The van der Waals surface area contributed by atoms with Crippen LogP contribution in [0.4, 0.5) is 4.79 Å². The molecule has 5 heteroatoms. The standard InChI is InChI=1S/C22H28N2O3/c1-20(2,3)27-19(25)24-17-8-9-18(24)13-22(26,12-17)16-6-4-15(5-7-16)21(14-23)10-11-21/h4-7,17-18,26H,8-13H2,1-3H3. The maximum atomic E-state index is 12.6. The lowest BCUT2D eigenvalue weighted by atomic mass is 9.80. The van der Waals surface area contributed by atoms with Gasteiger partial charge in [0, 0.05) is 24.9 Å². The van der Waals surface area contributed by atoms with E-state index in [4.69, 9.17) is 4.74 Å². The molecular formula is C22H28N2O3. The lowest BCUT2D eigenvalue weighted by molar-refractivity contribution is -0.0624. The molecule has 3 fully saturated rings. The first kappa shape index (κ1) is 18.3. The Morgan fingerprint density at radius 2 is 1.67 bits per heavy atom. The number of piperidine rings is 1. The molecule has 2 saturated heterocycles. The number of carbonyl (C=O) groups excluding carboxylic acids is 1. The zero-order chi connectivity index (χ0) is 19.4. The molecular weight excluding hydrogens is 340 g/mol. The molecule has 1 aliphatic carbocycles. The zero-order valence-electron chi connectivity index (χ0n) is 16.4. The lowest BCUT2D eigenvalue weighted by Crippen LogP contribution is -2.53. The van der Waals surface area contributed by atoms with E-state index in [-0.39, 0.29) is 23.6 Å². The summed E-state index contributed by atoms with van der Waals surface area (Å²) in [4.78, 5) is 14.5. The van der Waals surface area contributed by atoms with Gasteiger partial charge in [-0.15, -0.1) is 0 Å². The van der Waals surface area contributed by atoms with E-state index in [1.807, 2.05) is 49.9 Å². The molecule has 2 unspecified atom stereocenters. The summed E-state index contributed by atoms with van der Waals surface area (Å²) in [7, 11) is 0. The highest BCUT2D eigenvalue weighted by atomic mass is 16.6. The summed E-state index contributed by atoms with van der Waals surface area (Å²) in [6.45, 7) is 5.63. The Morgan fingerprint density at radius 1 is 1.15 bits per heavy atom. The van der Waals surface area contributed by atoms with Gasteiger partial charge < -0.3 is 14.7 Å². The van der Waals surface area contributed by atoms with Gasteiger partial charge in [-0.3, -0.25) is 0 Å². The van der Waals surface area contributed by atoms with Gasteiger partial charge in [-0.1, -0.05) is 24.3 Å². The predicted octanol–water partition coefficient (Wildman–Crippen LogP) is 3.99. The summed E-state index contributed by atoms with van der Waals surface area (Å²) in [6.07, 6.45) is 4.45. The van der Waals surface area contributed by atoms with Crippen LogP contribution in [0, 0.1) is 11.3 Å². The molecule has 1 N–H and O–H groups in total. The lowest BCUT2D eigenvalue weighted by Gasteiger charge is -2.44. The molecule has 1 amide bonds. The van der Waals surface area contributed by atoms with Crippen LogP contribution >= 0.6 is 0 Å². The highest BCUT2D eigenvalue weighted by Gasteiger charge is 2.51. The molecule has 144 valence electrons. The van der Waals surface area contributed by atoms with Gasteiger partial charge in [0.25, 0.3) is 0 Å². The Balaban J connectivity index is 1.52. The van der Waals surface area contributed by atoms with Crippen LogP contribution in [0.25, 0.3) is 0 Å². The fourth-order valence-electron chi connectivity index (χ4n) is 4.76. The van der Waals surface area contributed by atoms with Crippen molar-refractivity contribution < 1.29 is 14.6 Å². The minimum absolute atomic E-state index is 0.0113. The molecule has 1 aromatic carbocycles. The summed E-state index contributed by atoms with van der Waals surface area (Å²) in [6, 6.07) is 10.4. The topological polar surface area (TPSA) is 73.6 Å². The number of ether oxygens (including phenoxy) is 1. The van der Waals surface area contributed by atoms with Gasteiger partial charge in [-0.2, -0.15) is 5.26 Å². The van der Waals surface area contributed by atoms with Crippen molar-refractivity contribution >= 4 is 6.09 Å². The van der Waals surface area contributed by atoms with Gasteiger partial charge in [0.05, 0.1) is 17.1 Å². The van der Waals surface area contributed by atoms with Gasteiger partial charge in [-0.25, -0.2) is 4.79 Å². The minimum Gasteiger partial charge on any atom is -0.444 e. The van der Waals surface area contributed by atoms with Crippen molar-refractivity contribution in [3.8, 4) is 6.07 Å². The Morgan fingerprint density at radius 3 is 2.11 bits per heavy atom. The molecule has 2 aliphatic heterocycles. The third-order valence-corrected chi connectivity index (χ3v) is 6.31. The fourth-order valence-corrected chi connectivity index (χ4v) is 4.76. The van der Waals surface area contributed by atoms with E-state index in [2.05, 4.69) is 6.07 Å². The zero-order valence-corrected chi connectivity index (χ0v) is 16.4. The maximum absolute atomic E-state index is 12.6. The molecule has 1 aromatic rings. The van der Waals surface area contributed by atoms with E-state index in [1.165, 1.54) is 0 Å². The van der Waals surface area contributed by atoms with Crippen LogP contribution in [0.1, 0.15) is 70.4 Å². The number of amides is 1. The second-order valence-electron chi connectivity index (χ2n) is 9.48. The van der Waals surface area contributed by atoms with E-state index in [0.29, 0.717) is 12.8 Å². The average Bonchev–Trinajstić information content (AvgIpc) is 3.34. The third-order valence-electron chi connectivity index (χ3n) is 6.31. The number of rotatable bonds is 2. The van der Waals surface area contributed by atoms with Gasteiger partial charge >= 0.3 is 6.09 Å². The number of nitriles is 1. The van der Waals surface area contributed by atoms with Crippen LogP contribution in [-0.4, -0.2) is 33.8 Å². The van der Waals surface area contributed by atoms with Crippen molar-refractivity contribution in [1.29, 1.82) is 5.26 Å². The maximum Gasteiger partial charge on any atom is 0.410 e.